The SMILES string of the molecule is CC(C)c1ccc(C(=O)c2ccc3c4c(cccc24)CC3)cc1. The summed E-state index contributed by atoms with van der Waals surface area (Å²) in [5, 5.41) is 2.41. The maximum absolute atomic E-state index is 13.0. The number of rotatable bonds is 3. The molecule has 0 bridgehead atoms. The first-order valence-corrected chi connectivity index (χ1v) is 8.33. The lowest BCUT2D eigenvalue weighted by molar-refractivity contribution is 0.104. The quantitative estimate of drug-likeness (QED) is 0.600. The van der Waals surface area contributed by atoms with Crippen LogP contribution in [0, 0.1) is 0 Å². The van der Waals surface area contributed by atoms with Gasteiger partial charge >= 0.3 is 0 Å². The van der Waals surface area contributed by atoms with Crippen molar-refractivity contribution in [1.29, 1.82) is 0 Å². The van der Waals surface area contributed by atoms with E-state index in [9.17, 15) is 4.79 Å². The molecule has 3 aromatic rings. The van der Waals surface area contributed by atoms with Crippen LogP contribution in [0.1, 0.15) is 52.4 Å². The van der Waals surface area contributed by atoms with Crippen LogP contribution in [0.2, 0.25) is 0 Å². The van der Waals surface area contributed by atoms with Crippen molar-refractivity contribution in [2.75, 3.05) is 0 Å². The fraction of sp³-hybridized carbons (Fsp3) is 0.227. The van der Waals surface area contributed by atoms with Crippen LogP contribution in [-0.2, 0) is 12.8 Å². The van der Waals surface area contributed by atoms with Gasteiger partial charge in [0.05, 0.1) is 0 Å². The number of hydrogen-bond donors (Lipinski definition) is 0. The molecule has 3 aromatic carbocycles. The van der Waals surface area contributed by atoms with Gasteiger partial charge in [0.2, 0.25) is 0 Å². The van der Waals surface area contributed by atoms with E-state index >= 15 is 0 Å². The van der Waals surface area contributed by atoms with Gasteiger partial charge in [-0.15, -0.1) is 0 Å². The number of carbonyl (C=O) groups is 1. The number of hydrogen-bond acceptors (Lipinski definition) is 1. The Hall–Kier alpha value is -2.41. The fourth-order valence-corrected chi connectivity index (χ4v) is 3.62. The van der Waals surface area contributed by atoms with Gasteiger partial charge in [-0.05, 0) is 46.2 Å². The molecule has 0 radical (unpaired) electrons. The van der Waals surface area contributed by atoms with Crippen LogP contribution in [-0.4, -0.2) is 5.78 Å². The predicted octanol–water partition coefficient (Wildman–Crippen LogP) is 5.29. The zero-order chi connectivity index (χ0) is 16.0. The molecule has 0 saturated carbocycles. The van der Waals surface area contributed by atoms with Crippen LogP contribution < -0.4 is 0 Å². The highest BCUT2D eigenvalue weighted by molar-refractivity contribution is 6.17. The molecular weight excluding hydrogens is 280 g/mol. The summed E-state index contributed by atoms with van der Waals surface area (Å²) in [5.74, 6) is 0.604. The van der Waals surface area contributed by atoms with E-state index in [0.29, 0.717) is 5.92 Å². The lowest BCUT2D eigenvalue weighted by Crippen LogP contribution is -2.03. The molecule has 1 heteroatoms. The van der Waals surface area contributed by atoms with Gasteiger partial charge in [-0.3, -0.25) is 4.79 Å². The molecule has 1 nitrogen and oxygen atoms in total. The Morgan fingerprint density at radius 1 is 0.870 bits per heavy atom. The third kappa shape index (κ3) is 2.28. The first-order chi connectivity index (χ1) is 11.1. The summed E-state index contributed by atoms with van der Waals surface area (Å²) in [5.41, 5.74) is 5.62. The summed E-state index contributed by atoms with van der Waals surface area (Å²) < 4.78 is 0. The smallest absolute Gasteiger partial charge is 0.193 e. The molecule has 0 fully saturated rings. The molecule has 1 aliphatic carbocycles. The van der Waals surface area contributed by atoms with Crippen molar-refractivity contribution in [2.24, 2.45) is 0 Å². The van der Waals surface area contributed by atoms with E-state index in [4.69, 9.17) is 0 Å². The van der Waals surface area contributed by atoms with E-state index in [1.54, 1.807) is 0 Å². The number of benzene rings is 3. The Labute approximate surface area is 137 Å². The Morgan fingerprint density at radius 3 is 2.26 bits per heavy atom. The molecule has 23 heavy (non-hydrogen) atoms. The van der Waals surface area contributed by atoms with E-state index in [0.717, 1.165) is 29.4 Å². The Kier molecular flexibility index (Phi) is 3.30. The number of aryl methyl sites for hydroxylation is 2. The zero-order valence-electron chi connectivity index (χ0n) is 13.6. The van der Waals surface area contributed by atoms with E-state index in [2.05, 4.69) is 50.2 Å². The molecule has 0 saturated heterocycles. The van der Waals surface area contributed by atoms with Gasteiger partial charge in [0.25, 0.3) is 0 Å². The third-order valence-electron chi connectivity index (χ3n) is 4.96. The highest BCUT2D eigenvalue weighted by Gasteiger charge is 2.19. The third-order valence-corrected chi connectivity index (χ3v) is 4.96. The van der Waals surface area contributed by atoms with E-state index in [1.807, 2.05) is 18.2 Å². The van der Waals surface area contributed by atoms with Crippen LogP contribution in [0.25, 0.3) is 10.8 Å². The van der Waals surface area contributed by atoms with Gasteiger partial charge in [0.1, 0.15) is 0 Å². The Bertz CT molecular complexity index is 891. The molecule has 0 unspecified atom stereocenters. The first kappa shape index (κ1) is 14.2. The minimum atomic E-state index is 0.121. The van der Waals surface area contributed by atoms with Crippen molar-refractivity contribution in [3.8, 4) is 0 Å². The van der Waals surface area contributed by atoms with Gasteiger partial charge in [-0.25, -0.2) is 0 Å². The van der Waals surface area contributed by atoms with E-state index in [-0.39, 0.29) is 5.78 Å². The average molecular weight is 300 g/mol. The van der Waals surface area contributed by atoms with Gasteiger partial charge < -0.3 is 0 Å². The summed E-state index contributed by atoms with van der Waals surface area (Å²) >= 11 is 0. The largest absolute Gasteiger partial charge is 0.289 e. The second kappa shape index (κ2) is 5.34. The standard InChI is InChI=1S/C22H20O/c1-14(2)15-6-10-18(11-7-15)22(23)20-13-12-17-9-8-16-4-3-5-19(20)21(16)17/h3-7,10-14H,8-9H2,1-2H3. The summed E-state index contributed by atoms with van der Waals surface area (Å²) in [7, 11) is 0. The fourth-order valence-electron chi connectivity index (χ4n) is 3.62. The van der Waals surface area contributed by atoms with Crippen molar-refractivity contribution in [1.82, 2.24) is 0 Å². The van der Waals surface area contributed by atoms with E-state index < -0.39 is 0 Å². The predicted molar refractivity (Wildman–Crippen MR) is 95.3 cm³/mol. The first-order valence-electron chi connectivity index (χ1n) is 8.33. The maximum Gasteiger partial charge on any atom is 0.193 e. The second-order valence-electron chi connectivity index (χ2n) is 6.72. The molecule has 0 atom stereocenters. The Morgan fingerprint density at radius 2 is 1.57 bits per heavy atom. The lowest BCUT2D eigenvalue weighted by atomic mass is 9.93. The van der Waals surface area contributed by atoms with Crippen LogP contribution in [0.4, 0.5) is 0 Å². The highest BCUT2D eigenvalue weighted by Crippen LogP contribution is 2.33. The van der Waals surface area contributed by atoms with Crippen molar-refractivity contribution >= 4 is 16.6 Å². The molecule has 114 valence electrons. The van der Waals surface area contributed by atoms with Crippen molar-refractivity contribution < 1.29 is 4.79 Å². The topological polar surface area (TPSA) is 17.1 Å². The van der Waals surface area contributed by atoms with Crippen molar-refractivity contribution in [2.45, 2.75) is 32.6 Å². The van der Waals surface area contributed by atoms with Gasteiger partial charge in [0.15, 0.2) is 5.78 Å². The summed E-state index contributed by atoms with van der Waals surface area (Å²) in [6.07, 6.45) is 2.18. The molecule has 0 aromatic heterocycles. The molecule has 0 amide bonds. The van der Waals surface area contributed by atoms with Gasteiger partial charge in [-0.2, -0.15) is 0 Å². The van der Waals surface area contributed by atoms with Gasteiger partial charge in [-0.1, -0.05) is 68.4 Å². The second-order valence-corrected chi connectivity index (χ2v) is 6.72. The highest BCUT2D eigenvalue weighted by atomic mass is 16.1. The lowest BCUT2D eigenvalue weighted by Gasteiger charge is -2.10. The molecular formula is C22H20O. The zero-order valence-corrected chi connectivity index (χ0v) is 13.6. The summed E-state index contributed by atoms with van der Waals surface area (Å²) in [6.45, 7) is 4.33. The van der Waals surface area contributed by atoms with Crippen molar-refractivity contribution in [3.05, 3.63) is 82.4 Å². The average Bonchev–Trinajstić information content (AvgIpc) is 3.00. The van der Waals surface area contributed by atoms with Gasteiger partial charge in [0, 0.05) is 11.1 Å². The van der Waals surface area contributed by atoms with Crippen LogP contribution in [0.3, 0.4) is 0 Å². The van der Waals surface area contributed by atoms with E-state index in [1.165, 1.54) is 22.1 Å². The summed E-state index contributed by atoms with van der Waals surface area (Å²) in [4.78, 5) is 13.0. The monoisotopic (exact) mass is 300 g/mol. The number of carbonyl (C=O) groups excluding carboxylic acids is 1. The summed E-state index contributed by atoms with van der Waals surface area (Å²) in [6, 6.07) is 18.5. The molecule has 0 N–H and O–H groups in total. The van der Waals surface area contributed by atoms with Crippen LogP contribution >= 0.6 is 0 Å². The number of ketones is 1. The maximum atomic E-state index is 13.0. The van der Waals surface area contributed by atoms with Crippen LogP contribution in [0.5, 0.6) is 0 Å². The molecule has 0 aliphatic heterocycles. The molecule has 0 spiro atoms. The van der Waals surface area contributed by atoms with Crippen molar-refractivity contribution in [3.63, 3.8) is 0 Å². The molecule has 4 rings (SSSR count). The Balaban J connectivity index is 1.82. The molecule has 1 aliphatic rings. The normalized spacial score (nSPS) is 13.0. The molecule has 0 heterocycles. The van der Waals surface area contributed by atoms with Crippen LogP contribution in [0.15, 0.2) is 54.6 Å². The minimum absolute atomic E-state index is 0.121. The minimum Gasteiger partial charge on any atom is -0.289 e.